The molecule has 1 aromatic heterocycles. The van der Waals surface area contributed by atoms with E-state index in [4.69, 9.17) is 0 Å². The molecule has 5 nitrogen and oxygen atoms in total. The van der Waals surface area contributed by atoms with Crippen molar-refractivity contribution >= 4 is 17.7 Å². The average Bonchev–Trinajstić information content (AvgIpc) is 2.94. The van der Waals surface area contributed by atoms with Crippen molar-refractivity contribution in [2.75, 3.05) is 6.54 Å². The van der Waals surface area contributed by atoms with Gasteiger partial charge in [0.25, 0.3) is 0 Å². The van der Waals surface area contributed by atoms with E-state index < -0.39 is 0 Å². The van der Waals surface area contributed by atoms with E-state index in [-0.39, 0.29) is 11.2 Å². The predicted molar refractivity (Wildman–Crippen MR) is 93.6 cm³/mol. The lowest BCUT2D eigenvalue weighted by molar-refractivity contribution is -0.120. The van der Waals surface area contributed by atoms with Crippen LogP contribution in [0, 0.1) is 0 Å². The first-order valence-corrected chi connectivity index (χ1v) is 8.94. The van der Waals surface area contributed by atoms with E-state index >= 15 is 0 Å². The molecule has 1 aromatic carbocycles. The molecule has 2 rings (SSSR count). The van der Waals surface area contributed by atoms with Gasteiger partial charge in [0.15, 0.2) is 5.16 Å². The summed E-state index contributed by atoms with van der Waals surface area (Å²) in [7, 11) is 0. The highest BCUT2D eigenvalue weighted by Crippen LogP contribution is 2.23. The van der Waals surface area contributed by atoms with Crippen LogP contribution in [0.1, 0.15) is 38.6 Å². The minimum Gasteiger partial charge on any atom is -0.355 e. The van der Waals surface area contributed by atoms with E-state index in [0.29, 0.717) is 6.54 Å². The minimum atomic E-state index is -0.180. The first kappa shape index (κ1) is 17.5. The lowest BCUT2D eigenvalue weighted by Gasteiger charge is -2.12. The number of rotatable bonds is 8. The van der Waals surface area contributed by atoms with Crippen LogP contribution in [0.2, 0.25) is 0 Å². The second-order valence-electron chi connectivity index (χ2n) is 5.36. The van der Waals surface area contributed by atoms with Crippen LogP contribution in [0.5, 0.6) is 0 Å². The fourth-order valence-corrected chi connectivity index (χ4v) is 3.19. The molecule has 0 saturated carbocycles. The van der Waals surface area contributed by atoms with Crippen molar-refractivity contribution in [1.29, 1.82) is 0 Å². The number of nitrogens with one attached hydrogen (secondary N) is 1. The van der Waals surface area contributed by atoms with E-state index in [1.807, 2.05) is 32.0 Å². The molecule has 2 aromatic rings. The van der Waals surface area contributed by atoms with Crippen molar-refractivity contribution in [3.8, 4) is 0 Å². The summed E-state index contributed by atoms with van der Waals surface area (Å²) in [6, 6.07) is 10.2. The number of thioether (sulfide) groups is 1. The highest BCUT2D eigenvalue weighted by atomic mass is 32.2. The molecule has 0 radical (unpaired) electrons. The molecule has 0 aliphatic carbocycles. The number of benzene rings is 1. The Morgan fingerprint density at radius 1 is 1.26 bits per heavy atom. The fraction of sp³-hybridized carbons (Fsp3) is 0.471. The lowest BCUT2D eigenvalue weighted by atomic mass is 10.1. The Bertz CT molecular complexity index is 627. The Hall–Kier alpha value is -1.82. The Balaban J connectivity index is 2.07. The third kappa shape index (κ3) is 4.82. The lowest BCUT2D eigenvalue weighted by Crippen LogP contribution is -2.31. The van der Waals surface area contributed by atoms with Crippen LogP contribution in [0.3, 0.4) is 0 Å². The Labute approximate surface area is 141 Å². The third-order valence-electron chi connectivity index (χ3n) is 3.52. The molecule has 0 bridgehead atoms. The summed E-state index contributed by atoms with van der Waals surface area (Å²) in [5.74, 6) is 0.981. The van der Waals surface area contributed by atoms with Gasteiger partial charge in [-0.15, -0.1) is 10.2 Å². The van der Waals surface area contributed by atoms with Crippen molar-refractivity contribution in [3.05, 3.63) is 41.7 Å². The normalized spacial score (nSPS) is 12.1. The van der Waals surface area contributed by atoms with Crippen molar-refractivity contribution in [2.45, 2.75) is 50.6 Å². The largest absolute Gasteiger partial charge is 0.355 e. The SMILES string of the molecule is CCCNC(=O)[C@H](C)Sc1nnc(Cc2ccccc2)n1CC. The van der Waals surface area contributed by atoms with Crippen LogP contribution in [0.15, 0.2) is 35.5 Å². The van der Waals surface area contributed by atoms with Crippen LogP contribution in [0.4, 0.5) is 0 Å². The monoisotopic (exact) mass is 332 g/mol. The molecular weight excluding hydrogens is 308 g/mol. The average molecular weight is 332 g/mol. The molecule has 0 saturated heterocycles. The highest BCUT2D eigenvalue weighted by Gasteiger charge is 2.19. The van der Waals surface area contributed by atoms with Crippen molar-refractivity contribution in [3.63, 3.8) is 0 Å². The molecule has 1 heterocycles. The molecule has 0 aliphatic rings. The minimum absolute atomic E-state index is 0.0483. The van der Waals surface area contributed by atoms with E-state index in [1.165, 1.54) is 17.3 Å². The summed E-state index contributed by atoms with van der Waals surface area (Å²) < 4.78 is 2.08. The zero-order valence-corrected chi connectivity index (χ0v) is 14.8. The van der Waals surface area contributed by atoms with Crippen LogP contribution in [-0.2, 0) is 17.8 Å². The number of amides is 1. The number of nitrogens with zero attached hydrogens (tertiary/aromatic N) is 3. The van der Waals surface area contributed by atoms with Crippen molar-refractivity contribution < 1.29 is 4.79 Å². The van der Waals surface area contributed by atoms with Crippen LogP contribution < -0.4 is 5.32 Å². The van der Waals surface area contributed by atoms with Crippen LogP contribution in [0.25, 0.3) is 0 Å². The Kier molecular flexibility index (Phi) is 6.65. The van der Waals surface area contributed by atoms with Gasteiger partial charge < -0.3 is 9.88 Å². The molecule has 1 amide bonds. The van der Waals surface area contributed by atoms with E-state index in [0.717, 1.165) is 30.4 Å². The van der Waals surface area contributed by atoms with Gasteiger partial charge in [0.2, 0.25) is 5.91 Å². The first-order valence-electron chi connectivity index (χ1n) is 8.06. The molecule has 0 fully saturated rings. The maximum atomic E-state index is 12.0. The van der Waals surface area contributed by atoms with E-state index in [1.54, 1.807) is 0 Å². The first-order chi connectivity index (χ1) is 11.2. The van der Waals surface area contributed by atoms with Gasteiger partial charge in [0.05, 0.1) is 5.25 Å². The van der Waals surface area contributed by atoms with E-state index in [9.17, 15) is 4.79 Å². The molecule has 124 valence electrons. The zero-order valence-electron chi connectivity index (χ0n) is 14.0. The van der Waals surface area contributed by atoms with Crippen LogP contribution >= 0.6 is 11.8 Å². The van der Waals surface area contributed by atoms with Gasteiger partial charge in [-0.1, -0.05) is 49.0 Å². The fourth-order valence-electron chi connectivity index (χ4n) is 2.24. The zero-order chi connectivity index (χ0) is 16.7. The molecule has 6 heteroatoms. The number of carbonyl (C=O) groups excluding carboxylic acids is 1. The maximum Gasteiger partial charge on any atom is 0.233 e. The molecular formula is C17H24N4OS. The molecule has 1 N–H and O–H groups in total. The Morgan fingerprint density at radius 2 is 2.00 bits per heavy atom. The van der Waals surface area contributed by atoms with Crippen molar-refractivity contribution in [1.82, 2.24) is 20.1 Å². The summed E-state index contributed by atoms with van der Waals surface area (Å²) >= 11 is 1.46. The number of aromatic nitrogens is 3. The Morgan fingerprint density at radius 3 is 2.65 bits per heavy atom. The smallest absolute Gasteiger partial charge is 0.233 e. The molecule has 0 spiro atoms. The van der Waals surface area contributed by atoms with Gasteiger partial charge in [-0.05, 0) is 25.8 Å². The van der Waals surface area contributed by atoms with Gasteiger partial charge >= 0.3 is 0 Å². The predicted octanol–water partition coefficient (Wildman–Crippen LogP) is 2.90. The number of hydrogen-bond donors (Lipinski definition) is 1. The summed E-state index contributed by atoms with van der Waals surface area (Å²) in [5.41, 5.74) is 1.21. The van der Waals surface area contributed by atoms with E-state index in [2.05, 4.69) is 39.1 Å². The van der Waals surface area contributed by atoms with Gasteiger partial charge in [-0.25, -0.2) is 0 Å². The van der Waals surface area contributed by atoms with Gasteiger partial charge in [0, 0.05) is 19.5 Å². The van der Waals surface area contributed by atoms with Gasteiger partial charge in [-0.3, -0.25) is 4.79 Å². The molecule has 0 unspecified atom stereocenters. The second-order valence-corrected chi connectivity index (χ2v) is 6.66. The third-order valence-corrected chi connectivity index (χ3v) is 4.60. The summed E-state index contributed by atoms with van der Waals surface area (Å²) in [6.07, 6.45) is 1.69. The quantitative estimate of drug-likeness (QED) is 0.755. The maximum absolute atomic E-state index is 12.0. The second kappa shape index (κ2) is 8.72. The highest BCUT2D eigenvalue weighted by molar-refractivity contribution is 8.00. The topological polar surface area (TPSA) is 59.8 Å². The van der Waals surface area contributed by atoms with Crippen LogP contribution in [-0.4, -0.2) is 32.5 Å². The number of carbonyl (C=O) groups is 1. The molecule has 23 heavy (non-hydrogen) atoms. The summed E-state index contributed by atoms with van der Waals surface area (Å²) in [5, 5.41) is 12.1. The summed E-state index contributed by atoms with van der Waals surface area (Å²) in [6.45, 7) is 7.52. The molecule has 0 aliphatic heterocycles. The van der Waals surface area contributed by atoms with Gasteiger partial charge in [-0.2, -0.15) is 0 Å². The standard InChI is InChI=1S/C17H24N4OS/c1-4-11-18-16(22)13(3)23-17-20-19-15(21(17)5-2)12-14-9-7-6-8-10-14/h6-10,13H,4-5,11-12H2,1-3H3,(H,18,22)/t13-/m0/s1. The van der Waals surface area contributed by atoms with Gasteiger partial charge in [0.1, 0.15) is 5.82 Å². The number of hydrogen-bond acceptors (Lipinski definition) is 4. The molecule has 1 atom stereocenters. The summed E-state index contributed by atoms with van der Waals surface area (Å²) in [4.78, 5) is 12.0. The van der Waals surface area contributed by atoms with Crippen molar-refractivity contribution in [2.24, 2.45) is 0 Å².